The lowest BCUT2D eigenvalue weighted by Gasteiger charge is -2.04. The molecule has 8 heteroatoms. The number of H-pyrrole nitrogens is 1. The highest BCUT2D eigenvalue weighted by molar-refractivity contribution is 6.00. The molecular formula is C15H10N6O2. The van der Waals surface area contributed by atoms with Gasteiger partial charge in [0.2, 0.25) is 0 Å². The molecular weight excluding hydrogens is 296 g/mol. The Morgan fingerprint density at radius 2 is 2.13 bits per heavy atom. The van der Waals surface area contributed by atoms with E-state index in [1.807, 2.05) is 24.4 Å². The first-order valence-electron chi connectivity index (χ1n) is 6.76. The van der Waals surface area contributed by atoms with Crippen molar-refractivity contribution < 1.29 is 9.90 Å². The largest absolute Gasteiger partial charge is 0.478 e. The fourth-order valence-electron chi connectivity index (χ4n) is 2.30. The number of aromatic carboxylic acids is 1. The first-order valence-corrected chi connectivity index (χ1v) is 6.76. The molecule has 0 spiro atoms. The van der Waals surface area contributed by atoms with Crippen LogP contribution in [-0.2, 0) is 0 Å². The molecule has 4 rings (SSSR count). The number of carboxylic acids is 1. The maximum absolute atomic E-state index is 11.2. The first kappa shape index (κ1) is 13.1. The van der Waals surface area contributed by atoms with Gasteiger partial charge in [-0.2, -0.15) is 5.10 Å². The van der Waals surface area contributed by atoms with Crippen molar-refractivity contribution in [3.8, 4) is 17.1 Å². The zero-order valence-corrected chi connectivity index (χ0v) is 11.7. The second-order valence-electron chi connectivity index (χ2n) is 4.81. The first-order chi connectivity index (χ1) is 11.2. The van der Waals surface area contributed by atoms with Crippen molar-refractivity contribution in [2.45, 2.75) is 0 Å². The van der Waals surface area contributed by atoms with Crippen molar-refractivity contribution in [2.75, 3.05) is 0 Å². The number of carbonyl (C=O) groups is 1. The molecule has 4 aromatic rings. The predicted molar refractivity (Wildman–Crippen MR) is 81.2 cm³/mol. The summed E-state index contributed by atoms with van der Waals surface area (Å²) in [5, 5.41) is 13.4. The van der Waals surface area contributed by atoms with Crippen LogP contribution >= 0.6 is 0 Å². The SMILES string of the molecule is O=C(O)c1c[nH]c2ncc(-c3cc(-n4cccn4)ccn3)nc12. The summed E-state index contributed by atoms with van der Waals surface area (Å²) in [5.74, 6) is -1.05. The third-order valence-electron chi connectivity index (χ3n) is 3.39. The van der Waals surface area contributed by atoms with Crippen LogP contribution in [0.4, 0.5) is 0 Å². The van der Waals surface area contributed by atoms with Crippen LogP contribution in [0.5, 0.6) is 0 Å². The normalized spacial score (nSPS) is 11.0. The minimum Gasteiger partial charge on any atom is -0.478 e. The summed E-state index contributed by atoms with van der Waals surface area (Å²) < 4.78 is 1.70. The van der Waals surface area contributed by atoms with Gasteiger partial charge in [0.1, 0.15) is 16.8 Å². The second kappa shape index (κ2) is 5.02. The van der Waals surface area contributed by atoms with Gasteiger partial charge in [-0.1, -0.05) is 0 Å². The van der Waals surface area contributed by atoms with Crippen LogP contribution in [0.25, 0.3) is 28.2 Å². The van der Waals surface area contributed by atoms with Crippen molar-refractivity contribution in [3.05, 3.63) is 54.7 Å². The number of hydrogen-bond acceptors (Lipinski definition) is 5. The zero-order chi connectivity index (χ0) is 15.8. The monoisotopic (exact) mass is 306 g/mol. The molecule has 4 heterocycles. The van der Waals surface area contributed by atoms with Gasteiger partial charge < -0.3 is 10.1 Å². The van der Waals surface area contributed by atoms with Gasteiger partial charge >= 0.3 is 5.97 Å². The van der Waals surface area contributed by atoms with Crippen LogP contribution in [0, 0.1) is 0 Å². The van der Waals surface area contributed by atoms with E-state index in [2.05, 4.69) is 25.0 Å². The highest BCUT2D eigenvalue weighted by atomic mass is 16.4. The molecule has 2 N–H and O–H groups in total. The van der Waals surface area contributed by atoms with Crippen molar-refractivity contribution in [1.29, 1.82) is 0 Å². The number of aromatic nitrogens is 6. The number of hydrogen-bond donors (Lipinski definition) is 2. The molecule has 8 nitrogen and oxygen atoms in total. The van der Waals surface area contributed by atoms with E-state index in [1.54, 1.807) is 23.3 Å². The molecule has 0 aliphatic heterocycles. The number of carboxylic acid groups (broad SMARTS) is 1. The zero-order valence-electron chi connectivity index (χ0n) is 11.7. The number of nitrogens with zero attached hydrogens (tertiary/aromatic N) is 5. The summed E-state index contributed by atoms with van der Waals surface area (Å²) in [6.45, 7) is 0. The molecule has 23 heavy (non-hydrogen) atoms. The van der Waals surface area contributed by atoms with E-state index < -0.39 is 5.97 Å². The average molecular weight is 306 g/mol. The molecule has 0 saturated carbocycles. The van der Waals surface area contributed by atoms with Gasteiger partial charge in [-0.15, -0.1) is 0 Å². The number of nitrogens with one attached hydrogen (secondary N) is 1. The average Bonchev–Trinajstić information content (AvgIpc) is 3.24. The van der Waals surface area contributed by atoms with Gasteiger partial charge in [-0.3, -0.25) is 4.98 Å². The van der Waals surface area contributed by atoms with E-state index in [0.29, 0.717) is 22.6 Å². The Kier molecular flexibility index (Phi) is 2.87. The second-order valence-corrected chi connectivity index (χ2v) is 4.81. The molecule has 0 aliphatic carbocycles. The van der Waals surface area contributed by atoms with Crippen LogP contribution < -0.4 is 0 Å². The summed E-state index contributed by atoms with van der Waals surface area (Å²) in [7, 11) is 0. The van der Waals surface area contributed by atoms with Crippen LogP contribution in [0.2, 0.25) is 0 Å². The molecule has 0 atom stereocenters. The molecule has 0 amide bonds. The summed E-state index contributed by atoms with van der Waals surface area (Å²) >= 11 is 0. The third kappa shape index (κ3) is 2.22. The van der Waals surface area contributed by atoms with Crippen LogP contribution in [-0.4, -0.2) is 40.8 Å². The Bertz CT molecular complexity index is 1010. The van der Waals surface area contributed by atoms with Gasteiger partial charge in [0.25, 0.3) is 0 Å². The van der Waals surface area contributed by atoms with E-state index >= 15 is 0 Å². The van der Waals surface area contributed by atoms with E-state index in [9.17, 15) is 9.90 Å². The lowest BCUT2D eigenvalue weighted by Crippen LogP contribution is -1.98. The van der Waals surface area contributed by atoms with E-state index in [4.69, 9.17) is 0 Å². The molecule has 0 bridgehead atoms. The molecule has 0 radical (unpaired) electrons. The molecule has 4 aromatic heterocycles. The molecule has 112 valence electrons. The van der Waals surface area contributed by atoms with Crippen LogP contribution in [0.15, 0.2) is 49.2 Å². The lowest BCUT2D eigenvalue weighted by molar-refractivity contribution is 0.0699. The summed E-state index contributed by atoms with van der Waals surface area (Å²) in [6, 6.07) is 5.46. The lowest BCUT2D eigenvalue weighted by atomic mass is 10.2. The predicted octanol–water partition coefficient (Wildman–Crippen LogP) is 1.90. The van der Waals surface area contributed by atoms with Crippen molar-refractivity contribution in [3.63, 3.8) is 0 Å². The van der Waals surface area contributed by atoms with Gasteiger partial charge in [0.05, 0.1) is 17.6 Å². The summed E-state index contributed by atoms with van der Waals surface area (Å²) in [6.07, 6.45) is 8.09. The Morgan fingerprint density at radius 3 is 2.91 bits per heavy atom. The topological polar surface area (TPSA) is 110 Å². The number of aromatic amines is 1. The van der Waals surface area contributed by atoms with E-state index in [-0.39, 0.29) is 5.56 Å². The van der Waals surface area contributed by atoms with Crippen LogP contribution in [0.3, 0.4) is 0 Å². The fourth-order valence-corrected chi connectivity index (χ4v) is 2.30. The highest BCUT2D eigenvalue weighted by Crippen LogP contribution is 2.21. The molecule has 0 aromatic carbocycles. The molecule has 0 fully saturated rings. The quantitative estimate of drug-likeness (QED) is 0.598. The van der Waals surface area contributed by atoms with E-state index in [0.717, 1.165) is 5.69 Å². The summed E-state index contributed by atoms with van der Waals surface area (Å²) in [5.41, 5.74) is 2.72. The standard InChI is InChI=1S/C15H10N6O2/c22-15(23)10-7-17-14-13(10)20-12(8-18-14)11-6-9(2-4-16-11)21-5-1-3-19-21/h1-8H,(H,17,18)(H,22,23). The van der Waals surface area contributed by atoms with Gasteiger partial charge in [-0.25, -0.2) is 19.4 Å². The Hall–Kier alpha value is -3.55. The Morgan fingerprint density at radius 1 is 1.22 bits per heavy atom. The van der Waals surface area contributed by atoms with Gasteiger partial charge in [0, 0.05) is 24.8 Å². The molecule has 0 saturated heterocycles. The van der Waals surface area contributed by atoms with Crippen molar-refractivity contribution >= 4 is 17.1 Å². The molecule has 0 unspecified atom stereocenters. The minimum absolute atomic E-state index is 0.0811. The smallest absolute Gasteiger partial charge is 0.339 e. The van der Waals surface area contributed by atoms with Gasteiger partial charge in [-0.05, 0) is 18.2 Å². The highest BCUT2D eigenvalue weighted by Gasteiger charge is 2.14. The van der Waals surface area contributed by atoms with E-state index in [1.165, 1.54) is 6.20 Å². The number of rotatable bonds is 3. The van der Waals surface area contributed by atoms with Crippen LogP contribution in [0.1, 0.15) is 10.4 Å². The third-order valence-corrected chi connectivity index (χ3v) is 3.39. The Labute approximate surface area is 129 Å². The number of fused-ring (bicyclic) bond motifs is 1. The van der Waals surface area contributed by atoms with Crippen molar-refractivity contribution in [1.82, 2.24) is 29.7 Å². The molecule has 0 aliphatic rings. The summed E-state index contributed by atoms with van der Waals surface area (Å²) in [4.78, 5) is 26.9. The maximum Gasteiger partial charge on any atom is 0.339 e. The fraction of sp³-hybridized carbons (Fsp3) is 0. The Balaban J connectivity index is 1.84. The minimum atomic E-state index is -1.05. The number of pyridine rings is 1. The van der Waals surface area contributed by atoms with Gasteiger partial charge in [0.15, 0.2) is 5.65 Å². The van der Waals surface area contributed by atoms with Crippen molar-refractivity contribution in [2.24, 2.45) is 0 Å². The maximum atomic E-state index is 11.2.